The van der Waals surface area contributed by atoms with Gasteiger partial charge in [0, 0.05) is 42.9 Å². The fourth-order valence-corrected chi connectivity index (χ4v) is 8.33. The van der Waals surface area contributed by atoms with Gasteiger partial charge in [-0.2, -0.15) is 13.2 Å². The van der Waals surface area contributed by atoms with Crippen LogP contribution >= 0.6 is 11.3 Å². The number of hydrogen-bond donors (Lipinski definition) is 2. The Morgan fingerprint density at radius 2 is 1.86 bits per heavy atom. The Kier molecular flexibility index (Phi) is 8.52. The number of rotatable bonds is 8. The lowest BCUT2D eigenvalue weighted by Crippen LogP contribution is -2.68. The lowest BCUT2D eigenvalue weighted by atomic mass is 9.75. The van der Waals surface area contributed by atoms with Crippen molar-refractivity contribution in [3.63, 3.8) is 0 Å². The molecule has 3 heterocycles. The van der Waals surface area contributed by atoms with Gasteiger partial charge in [-0.1, -0.05) is 24.0 Å². The summed E-state index contributed by atoms with van der Waals surface area (Å²) in [6.45, 7) is 4.18. The zero-order valence-corrected chi connectivity index (χ0v) is 26.4. The van der Waals surface area contributed by atoms with Crippen molar-refractivity contribution in [3.8, 4) is 17.6 Å². The molecular weight excluding hydrogens is 611 g/mol. The molecule has 1 saturated carbocycles. The summed E-state index contributed by atoms with van der Waals surface area (Å²) < 4.78 is 76.3. The van der Waals surface area contributed by atoms with Crippen LogP contribution in [0.2, 0.25) is 0 Å². The number of nitrogens with one attached hydrogen (secondary N) is 2. The van der Waals surface area contributed by atoms with Crippen molar-refractivity contribution < 1.29 is 31.1 Å². The van der Waals surface area contributed by atoms with Gasteiger partial charge in [0.25, 0.3) is 0 Å². The number of hydrogen-bond acceptors (Lipinski definition) is 8. The summed E-state index contributed by atoms with van der Waals surface area (Å²) in [6.07, 6.45) is -0.0464. The van der Waals surface area contributed by atoms with Crippen molar-refractivity contribution in [1.29, 1.82) is 0 Å². The average molecular weight is 648 g/mol. The molecule has 7 nitrogen and oxygen atoms in total. The summed E-state index contributed by atoms with van der Waals surface area (Å²) in [7, 11) is -1.97. The van der Waals surface area contributed by atoms with E-state index in [0.29, 0.717) is 33.2 Å². The molecule has 0 atom stereocenters. The Morgan fingerprint density at radius 1 is 1.11 bits per heavy atom. The van der Waals surface area contributed by atoms with Crippen molar-refractivity contribution in [2.45, 2.75) is 55.3 Å². The van der Waals surface area contributed by atoms with Gasteiger partial charge in [-0.25, -0.2) is 8.42 Å². The van der Waals surface area contributed by atoms with Crippen LogP contribution in [-0.2, 0) is 21.0 Å². The molecule has 12 heteroatoms. The number of thiophene rings is 1. The quantitative estimate of drug-likeness (QED) is 0.293. The number of likely N-dealkylation sites (tertiary alicyclic amines) is 1. The highest BCUT2D eigenvalue weighted by molar-refractivity contribution is 7.90. The molecular formula is C32H36F3N3O4S2. The van der Waals surface area contributed by atoms with Crippen molar-refractivity contribution >= 4 is 42.6 Å². The summed E-state index contributed by atoms with van der Waals surface area (Å²) in [4.78, 5) is 3.10. The first-order chi connectivity index (χ1) is 20.9. The lowest BCUT2D eigenvalue weighted by molar-refractivity contribution is -0.200. The molecule has 2 aromatic carbocycles. The summed E-state index contributed by atoms with van der Waals surface area (Å²) >= 11 is 1.29. The van der Waals surface area contributed by atoms with Crippen LogP contribution in [0.4, 0.5) is 24.5 Å². The van der Waals surface area contributed by atoms with Gasteiger partial charge >= 0.3 is 6.18 Å². The minimum absolute atomic E-state index is 0.124. The van der Waals surface area contributed by atoms with Gasteiger partial charge in [0.05, 0.1) is 59.1 Å². The molecule has 2 N–H and O–H groups in total. The second kappa shape index (κ2) is 12.1. The third kappa shape index (κ3) is 6.66. The van der Waals surface area contributed by atoms with Crippen LogP contribution in [0.3, 0.4) is 0 Å². The molecule has 3 aliphatic rings. The zero-order chi connectivity index (χ0) is 31.1. The Balaban J connectivity index is 1.16. The maximum atomic E-state index is 13.7. The summed E-state index contributed by atoms with van der Waals surface area (Å²) in [6, 6.07) is 10.9. The van der Waals surface area contributed by atoms with Gasteiger partial charge in [0.1, 0.15) is 5.75 Å². The number of sulfone groups is 1. The van der Waals surface area contributed by atoms with E-state index >= 15 is 0 Å². The molecule has 44 heavy (non-hydrogen) atoms. The Morgan fingerprint density at radius 3 is 2.50 bits per heavy atom. The highest BCUT2D eigenvalue weighted by Gasteiger charge is 2.50. The van der Waals surface area contributed by atoms with Crippen LogP contribution in [0.25, 0.3) is 10.1 Å². The Bertz CT molecular complexity index is 1690. The number of alkyl halides is 3. The van der Waals surface area contributed by atoms with E-state index < -0.39 is 22.4 Å². The maximum absolute atomic E-state index is 13.7. The monoisotopic (exact) mass is 647 g/mol. The molecule has 1 aromatic heterocycles. The molecule has 0 bridgehead atoms. The first-order valence-electron chi connectivity index (χ1n) is 14.7. The second-order valence-electron chi connectivity index (χ2n) is 12.2. The number of anilines is 2. The minimum Gasteiger partial charge on any atom is -0.495 e. The molecule has 3 fully saturated rings. The third-order valence-electron chi connectivity index (χ3n) is 8.83. The van der Waals surface area contributed by atoms with Crippen LogP contribution in [-0.4, -0.2) is 77.8 Å². The molecule has 2 aliphatic heterocycles. The largest absolute Gasteiger partial charge is 0.495 e. The van der Waals surface area contributed by atoms with Crippen LogP contribution in [0.1, 0.15) is 36.1 Å². The number of ether oxygens (including phenoxy) is 2. The van der Waals surface area contributed by atoms with E-state index in [4.69, 9.17) is 9.47 Å². The minimum atomic E-state index is -4.37. The van der Waals surface area contributed by atoms with E-state index in [2.05, 4.69) is 27.4 Å². The number of methoxy groups -OCH3 is 1. The SMILES string of the molecule is COc1cc(S(C)(=O)=O)ccc1NCC#Cc1sc2c(N[C@H]3CC[C@@H](N4CC5(COC5)C4)CC3)cccc2c1CC(F)(F)F. The maximum Gasteiger partial charge on any atom is 0.393 e. The number of fused-ring (bicyclic) bond motifs is 1. The van der Waals surface area contributed by atoms with E-state index in [1.807, 2.05) is 12.1 Å². The smallest absolute Gasteiger partial charge is 0.393 e. The highest BCUT2D eigenvalue weighted by Crippen LogP contribution is 2.42. The first-order valence-corrected chi connectivity index (χ1v) is 17.4. The van der Waals surface area contributed by atoms with Gasteiger partial charge in [-0.05, 0) is 54.8 Å². The van der Waals surface area contributed by atoms with Crippen molar-refractivity contribution in [2.75, 3.05) is 56.8 Å². The van der Waals surface area contributed by atoms with Gasteiger partial charge in [0.15, 0.2) is 9.84 Å². The van der Waals surface area contributed by atoms with Crippen molar-refractivity contribution in [3.05, 3.63) is 46.8 Å². The molecule has 1 aliphatic carbocycles. The summed E-state index contributed by atoms with van der Waals surface area (Å²) in [5.74, 6) is 6.26. The van der Waals surface area contributed by atoms with Gasteiger partial charge in [-0.3, -0.25) is 4.90 Å². The van der Waals surface area contributed by atoms with E-state index in [0.717, 1.165) is 68.6 Å². The topological polar surface area (TPSA) is 79.9 Å². The van der Waals surface area contributed by atoms with Crippen molar-refractivity contribution in [2.24, 2.45) is 5.41 Å². The summed E-state index contributed by atoms with van der Waals surface area (Å²) in [5, 5.41) is 7.31. The van der Waals surface area contributed by atoms with E-state index in [1.165, 1.54) is 30.6 Å². The van der Waals surface area contributed by atoms with Crippen LogP contribution in [0.15, 0.2) is 41.3 Å². The normalized spacial score (nSPS) is 21.7. The van der Waals surface area contributed by atoms with Crippen LogP contribution in [0.5, 0.6) is 5.75 Å². The average Bonchev–Trinajstić information content (AvgIpc) is 3.26. The number of nitrogens with zero attached hydrogens (tertiary/aromatic N) is 1. The van der Waals surface area contributed by atoms with E-state index in [-0.39, 0.29) is 23.0 Å². The third-order valence-corrected chi connectivity index (χ3v) is 11.1. The molecule has 0 amide bonds. The van der Waals surface area contributed by atoms with Gasteiger partial charge in [0.2, 0.25) is 0 Å². The fourth-order valence-electron chi connectivity index (χ4n) is 6.53. The van der Waals surface area contributed by atoms with Gasteiger partial charge < -0.3 is 20.1 Å². The summed E-state index contributed by atoms with van der Waals surface area (Å²) in [5.41, 5.74) is 2.00. The van der Waals surface area contributed by atoms with Gasteiger partial charge in [-0.15, -0.1) is 11.3 Å². The number of benzene rings is 2. The van der Waals surface area contributed by atoms with E-state index in [1.54, 1.807) is 12.1 Å². The van der Waals surface area contributed by atoms with E-state index in [9.17, 15) is 21.6 Å². The van der Waals surface area contributed by atoms with Crippen molar-refractivity contribution in [1.82, 2.24) is 4.90 Å². The number of halogens is 3. The molecule has 0 unspecified atom stereocenters. The lowest BCUT2D eigenvalue weighted by Gasteiger charge is -2.58. The molecule has 236 valence electrons. The van der Waals surface area contributed by atoms with Crippen LogP contribution < -0.4 is 15.4 Å². The molecule has 6 rings (SSSR count). The molecule has 3 aromatic rings. The zero-order valence-electron chi connectivity index (χ0n) is 24.7. The molecule has 2 saturated heterocycles. The first kappa shape index (κ1) is 31.0. The highest BCUT2D eigenvalue weighted by atomic mass is 32.2. The fraction of sp³-hybridized carbons (Fsp3) is 0.500. The Hall–Kier alpha value is -2.98. The molecule has 0 radical (unpaired) electrons. The van der Waals surface area contributed by atoms with Crippen LogP contribution in [0, 0.1) is 17.3 Å². The predicted octanol–water partition coefficient (Wildman–Crippen LogP) is 5.94. The standard InChI is InChI=1S/C32H36F3N3O4S2/c1-41-28-15-23(44(2,39)40)12-13-26(28)36-14-4-7-29-25(16-32(33,34)35)24-5-3-6-27(30(24)43-29)37-21-8-10-22(11-9-21)38-17-31(18-38)19-42-20-31/h3,5-6,12-13,15,21-22,36-37H,8-11,14,16-20H2,1-2H3/t21-,22+. The predicted molar refractivity (Wildman–Crippen MR) is 168 cm³/mol. The molecule has 1 spiro atoms. The Labute approximate surface area is 260 Å². The second-order valence-corrected chi connectivity index (χ2v) is 15.3.